The van der Waals surface area contributed by atoms with Gasteiger partial charge in [0, 0.05) is 22.2 Å². The lowest BCUT2D eigenvalue weighted by molar-refractivity contribution is 0.589. The Labute approximate surface area is 128 Å². The largest absolute Gasteiger partial charge is 0.268 e. The van der Waals surface area contributed by atoms with Crippen molar-refractivity contribution in [2.24, 2.45) is 0 Å². The molecule has 3 rings (SSSR count). The Morgan fingerprint density at radius 2 is 1.76 bits per heavy atom. The smallest absolute Gasteiger partial charge is 0.240 e. The number of nitrogens with zero attached hydrogens (tertiary/aromatic N) is 1. The SMILES string of the molecule is C=Cc1c(Cl)ccc2ccn(S(=O)(=O)c3ccccc3)c12. The first kappa shape index (κ1) is 13.9. The van der Waals surface area contributed by atoms with Crippen molar-refractivity contribution >= 4 is 38.6 Å². The van der Waals surface area contributed by atoms with E-state index in [1.807, 2.05) is 0 Å². The molecule has 0 bridgehead atoms. The van der Waals surface area contributed by atoms with Gasteiger partial charge in [-0.15, -0.1) is 0 Å². The maximum Gasteiger partial charge on any atom is 0.268 e. The minimum atomic E-state index is -3.66. The van der Waals surface area contributed by atoms with Crippen LogP contribution < -0.4 is 0 Å². The van der Waals surface area contributed by atoms with Crippen LogP contribution in [0.25, 0.3) is 17.0 Å². The average Bonchev–Trinajstić information content (AvgIpc) is 2.93. The van der Waals surface area contributed by atoms with Gasteiger partial charge in [-0.3, -0.25) is 0 Å². The van der Waals surface area contributed by atoms with E-state index in [4.69, 9.17) is 11.6 Å². The van der Waals surface area contributed by atoms with Crippen LogP contribution in [0.2, 0.25) is 5.02 Å². The summed E-state index contributed by atoms with van der Waals surface area (Å²) in [5.74, 6) is 0. The number of fused-ring (bicyclic) bond motifs is 1. The Kier molecular flexibility index (Phi) is 3.35. The maximum absolute atomic E-state index is 12.8. The maximum atomic E-state index is 12.8. The second-order valence-electron chi connectivity index (χ2n) is 4.53. The summed E-state index contributed by atoms with van der Waals surface area (Å²) in [4.78, 5) is 0.234. The third-order valence-electron chi connectivity index (χ3n) is 3.31. The van der Waals surface area contributed by atoms with Crippen LogP contribution in [-0.2, 0) is 10.0 Å². The predicted molar refractivity (Wildman–Crippen MR) is 86.1 cm³/mol. The van der Waals surface area contributed by atoms with Crippen molar-refractivity contribution < 1.29 is 8.42 Å². The fraction of sp³-hybridized carbons (Fsp3) is 0. The summed E-state index contributed by atoms with van der Waals surface area (Å²) in [5, 5.41) is 1.27. The molecule has 0 aliphatic carbocycles. The summed E-state index contributed by atoms with van der Waals surface area (Å²) in [7, 11) is -3.66. The molecule has 21 heavy (non-hydrogen) atoms. The molecule has 0 atom stereocenters. The van der Waals surface area contributed by atoms with Gasteiger partial charge in [0.15, 0.2) is 0 Å². The first-order chi connectivity index (χ1) is 10.1. The van der Waals surface area contributed by atoms with E-state index in [0.717, 1.165) is 5.39 Å². The van der Waals surface area contributed by atoms with Crippen molar-refractivity contribution in [3.05, 3.63) is 71.9 Å². The minimum Gasteiger partial charge on any atom is -0.240 e. The number of benzene rings is 2. The van der Waals surface area contributed by atoms with Gasteiger partial charge in [-0.2, -0.15) is 0 Å². The molecular formula is C16H12ClNO2S. The molecular weight excluding hydrogens is 306 g/mol. The van der Waals surface area contributed by atoms with Gasteiger partial charge in [-0.1, -0.05) is 48.5 Å². The summed E-state index contributed by atoms with van der Waals surface area (Å²) in [6.45, 7) is 3.72. The predicted octanol–water partition coefficient (Wildman–Crippen LogP) is 4.17. The number of hydrogen-bond acceptors (Lipinski definition) is 2. The zero-order valence-corrected chi connectivity index (χ0v) is 12.6. The van der Waals surface area contributed by atoms with E-state index in [2.05, 4.69) is 6.58 Å². The highest BCUT2D eigenvalue weighted by Gasteiger charge is 2.20. The van der Waals surface area contributed by atoms with Crippen LogP contribution in [0.3, 0.4) is 0 Å². The van der Waals surface area contributed by atoms with E-state index in [-0.39, 0.29) is 4.90 Å². The van der Waals surface area contributed by atoms with Crippen LogP contribution in [0, 0.1) is 0 Å². The fourth-order valence-corrected chi connectivity index (χ4v) is 3.93. The van der Waals surface area contributed by atoms with Crippen LogP contribution in [0.1, 0.15) is 5.56 Å². The van der Waals surface area contributed by atoms with Crippen molar-refractivity contribution in [1.29, 1.82) is 0 Å². The van der Waals surface area contributed by atoms with Gasteiger partial charge in [0.25, 0.3) is 10.0 Å². The summed E-state index contributed by atoms with van der Waals surface area (Å²) in [6, 6.07) is 13.6. The third-order valence-corrected chi connectivity index (χ3v) is 5.33. The Balaban J connectivity index is 2.36. The highest BCUT2D eigenvalue weighted by atomic mass is 35.5. The van der Waals surface area contributed by atoms with Crippen molar-refractivity contribution in [3.63, 3.8) is 0 Å². The van der Waals surface area contributed by atoms with E-state index in [0.29, 0.717) is 16.1 Å². The summed E-state index contributed by atoms with van der Waals surface area (Å²) in [6.07, 6.45) is 3.11. The van der Waals surface area contributed by atoms with Gasteiger partial charge in [-0.25, -0.2) is 12.4 Å². The van der Waals surface area contributed by atoms with Crippen molar-refractivity contribution in [3.8, 4) is 0 Å². The van der Waals surface area contributed by atoms with E-state index < -0.39 is 10.0 Å². The number of rotatable bonds is 3. The third kappa shape index (κ3) is 2.17. The molecule has 3 nitrogen and oxygen atoms in total. The van der Waals surface area contributed by atoms with E-state index >= 15 is 0 Å². The molecule has 5 heteroatoms. The second-order valence-corrected chi connectivity index (χ2v) is 6.75. The molecule has 0 fully saturated rings. The van der Waals surface area contributed by atoms with Gasteiger partial charge < -0.3 is 0 Å². The standard InChI is InChI=1S/C16H12ClNO2S/c1-2-14-15(17)9-8-12-10-11-18(16(12)14)21(19,20)13-6-4-3-5-7-13/h2-11H,1H2. The topological polar surface area (TPSA) is 39.1 Å². The van der Waals surface area contributed by atoms with Crippen LogP contribution in [-0.4, -0.2) is 12.4 Å². The van der Waals surface area contributed by atoms with Gasteiger partial charge in [-0.05, 0) is 24.3 Å². The summed E-state index contributed by atoms with van der Waals surface area (Å²) < 4.78 is 26.8. The number of hydrogen-bond donors (Lipinski definition) is 0. The van der Waals surface area contributed by atoms with E-state index in [9.17, 15) is 8.42 Å². The van der Waals surface area contributed by atoms with Crippen LogP contribution >= 0.6 is 11.6 Å². The highest BCUT2D eigenvalue weighted by Crippen LogP contribution is 2.30. The normalized spacial score (nSPS) is 11.7. The first-order valence-electron chi connectivity index (χ1n) is 6.28. The summed E-state index contributed by atoms with van der Waals surface area (Å²) in [5.41, 5.74) is 1.15. The van der Waals surface area contributed by atoms with E-state index in [1.165, 1.54) is 10.2 Å². The monoisotopic (exact) mass is 317 g/mol. The Hall–Kier alpha value is -2.04. The Bertz CT molecular complexity index is 928. The zero-order valence-electron chi connectivity index (χ0n) is 11.0. The lowest BCUT2D eigenvalue weighted by Gasteiger charge is -2.10. The van der Waals surface area contributed by atoms with Crippen LogP contribution in [0.4, 0.5) is 0 Å². The second kappa shape index (κ2) is 5.06. The number of halogens is 1. The molecule has 0 amide bonds. The number of aromatic nitrogens is 1. The molecule has 1 aromatic heterocycles. The molecule has 3 aromatic rings. The molecule has 1 heterocycles. The minimum absolute atomic E-state index is 0.234. The first-order valence-corrected chi connectivity index (χ1v) is 8.10. The van der Waals surface area contributed by atoms with Gasteiger partial charge in [0.2, 0.25) is 0 Å². The molecule has 0 saturated heterocycles. The molecule has 0 spiro atoms. The zero-order chi connectivity index (χ0) is 15.0. The molecule has 0 saturated carbocycles. The molecule has 2 aromatic carbocycles. The fourth-order valence-electron chi connectivity index (χ4n) is 2.30. The van der Waals surface area contributed by atoms with Crippen molar-refractivity contribution in [2.45, 2.75) is 4.90 Å². The molecule has 0 N–H and O–H groups in total. The molecule has 106 valence electrons. The lowest BCUT2D eigenvalue weighted by atomic mass is 10.1. The Morgan fingerprint density at radius 1 is 1.05 bits per heavy atom. The molecule has 0 aliphatic heterocycles. The Morgan fingerprint density at radius 3 is 2.43 bits per heavy atom. The van der Waals surface area contributed by atoms with Crippen LogP contribution in [0.5, 0.6) is 0 Å². The highest BCUT2D eigenvalue weighted by molar-refractivity contribution is 7.90. The average molecular weight is 318 g/mol. The van der Waals surface area contributed by atoms with Gasteiger partial charge in [0.05, 0.1) is 10.4 Å². The molecule has 0 unspecified atom stereocenters. The summed E-state index contributed by atoms with van der Waals surface area (Å²) >= 11 is 6.15. The molecule has 0 aliphatic rings. The van der Waals surface area contributed by atoms with Crippen molar-refractivity contribution in [1.82, 2.24) is 3.97 Å². The molecule has 0 radical (unpaired) electrons. The van der Waals surface area contributed by atoms with Gasteiger partial charge >= 0.3 is 0 Å². The lowest BCUT2D eigenvalue weighted by Crippen LogP contribution is -2.12. The van der Waals surface area contributed by atoms with Crippen molar-refractivity contribution in [2.75, 3.05) is 0 Å². The quantitative estimate of drug-likeness (QED) is 0.727. The van der Waals surface area contributed by atoms with Gasteiger partial charge in [0.1, 0.15) is 0 Å². The van der Waals surface area contributed by atoms with E-state index in [1.54, 1.807) is 54.6 Å². The van der Waals surface area contributed by atoms with Crippen LogP contribution in [0.15, 0.2) is 66.2 Å².